The lowest BCUT2D eigenvalue weighted by Gasteiger charge is -2.34. The van der Waals surface area contributed by atoms with E-state index in [9.17, 15) is 4.79 Å². The predicted octanol–water partition coefficient (Wildman–Crippen LogP) is 3.59. The maximum Gasteiger partial charge on any atom is 0.223 e. The van der Waals surface area contributed by atoms with E-state index in [1.807, 2.05) is 36.1 Å². The van der Waals surface area contributed by atoms with Crippen molar-refractivity contribution in [2.24, 2.45) is 0 Å². The number of likely N-dealkylation sites (tertiary alicyclic amines) is 1. The first-order chi connectivity index (χ1) is 12.6. The van der Waals surface area contributed by atoms with Crippen LogP contribution in [0.3, 0.4) is 0 Å². The molecule has 0 radical (unpaired) electrons. The summed E-state index contributed by atoms with van der Waals surface area (Å²) in [5.41, 5.74) is 5.22. The molecule has 0 aliphatic carbocycles. The van der Waals surface area contributed by atoms with Gasteiger partial charge in [-0.25, -0.2) is 4.98 Å². The molecule has 1 unspecified atom stereocenters. The van der Waals surface area contributed by atoms with Crippen LogP contribution in [0.25, 0.3) is 11.0 Å². The number of carbonyl (C=O) groups is 1. The Kier molecular flexibility index (Phi) is 4.49. The van der Waals surface area contributed by atoms with Gasteiger partial charge < -0.3 is 9.88 Å². The van der Waals surface area contributed by atoms with Crippen LogP contribution in [0.15, 0.2) is 24.3 Å². The van der Waals surface area contributed by atoms with E-state index in [2.05, 4.69) is 22.1 Å². The average Bonchev–Trinajstić information content (AvgIpc) is 3.24. The topological polar surface area (TPSA) is 77.7 Å². The number of piperidine rings is 1. The highest BCUT2D eigenvalue weighted by molar-refractivity contribution is 5.78. The van der Waals surface area contributed by atoms with Crippen LogP contribution in [0.1, 0.15) is 54.5 Å². The van der Waals surface area contributed by atoms with E-state index in [1.165, 1.54) is 0 Å². The summed E-state index contributed by atoms with van der Waals surface area (Å²) in [6, 6.07) is 8.08. The van der Waals surface area contributed by atoms with Crippen LogP contribution in [0.4, 0.5) is 0 Å². The van der Waals surface area contributed by atoms with Crippen molar-refractivity contribution in [1.29, 1.82) is 0 Å². The van der Waals surface area contributed by atoms with E-state index in [1.54, 1.807) is 0 Å². The molecule has 1 amide bonds. The first-order valence-corrected chi connectivity index (χ1v) is 9.38. The molecule has 0 saturated carbocycles. The molecule has 0 spiro atoms. The molecule has 1 aliphatic heterocycles. The molecule has 0 bridgehead atoms. The standard InChI is InChI=1S/C20H25N5O/c1-13-14(2)23-24-15(13)10-11-19(26)25-12-6-5-9-18(25)20-21-16-7-3-4-8-17(16)22-20/h3-4,7-8,18H,5-6,9-12H2,1-2H3,(H,21,22)(H,23,24). The molecular formula is C20H25N5O. The Morgan fingerprint density at radius 3 is 2.88 bits per heavy atom. The molecular weight excluding hydrogens is 326 g/mol. The third kappa shape index (κ3) is 3.11. The van der Waals surface area contributed by atoms with E-state index in [4.69, 9.17) is 4.98 Å². The van der Waals surface area contributed by atoms with E-state index in [0.29, 0.717) is 12.8 Å². The van der Waals surface area contributed by atoms with Gasteiger partial charge in [0.2, 0.25) is 5.91 Å². The number of carbonyl (C=O) groups excluding carboxylic acids is 1. The number of nitrogens with one attached hydrogen (secondary N) is 2. The minimum absolute atomic E-state index is 0.0469. The number of amides is 1. The van der Waals surface area contributed by atoms with E-state index < -0.39 is 0 Å². The first kappa shape index (κ1) is 16.8. The molecule has 6 nitrogen and oxygen atoms in total. The van der Waals surface area contributed by atoms with Gasteiger partial charge in [-0.1, -0.05) is 12.1 Å². The highest BCUT2D eigenvalue weighted by Gasteiger charge is 2.30. The van der Waals surface area contributed by atoms with Crippen LogP contribution in [-0.2, 0) is 11.2 Å². The second-order valence-corrected chi connectivity index (χ2v) is 7.16. The molecule has 2 aromatic heterocycles. The number of hydrogen-bond donors (Lipinski definition) is 2. The van der Waals surface area contributed by atoms with E-state index in [0.717, 1.165) is 59.6 Å². The Hall–Kier alpha value is -2.63. The number of aromatic nitrogens is 4. The van der Waals surface area contributed by atoms with Crippen LogP contribution in [-0.4, -0.2) is 37.5 Å². The van der Waals surface area contributed by atoms with Gasteiger partial charge in [-0.3, -0.25) is 9.89 Å². The van der Waals surface area contributed by atoms with Gasteiger partial charge >= 0.3 is 0 Å². The largest absolute Gasteiger partial charge is 0.340 e. The smallest absolute Gasteiger partial charge is 0.223 e. The summed E-state index contributed by atoms with van der Waals surface area (Å²) in [5, 5.41) is 7.32. The molecule has 136 valence electrons. The molecule has 26 heavy (non-hydrogen) atoms. The minimum atomic E-state index is 0.0469. The van der Waals surface area contributed by atoms with Crippen molar-refractivity contribution < 1.29 is 4.79 Å². The quantitative estimate of drug-likeness (QED) is 0.754. The van der Waals surface area contributed by atoms with Crippen molar-refractivity contribution >= 4 is 16.9 Å². The molecule has 4 rings (SSSR count). The van der Waals surface area contributed by atoms with Crippen LogP contribution >= 0.6 is 0 Å². The van der Waals surface area contributed by atoms with Crippen molar-refractivity contribution in [3.8, 4) is 0 Å². The molecule has 1 aromatic carbocycles. The summed E-state index contributed by atoms with van der Waals surface area (Å²) in [7, 11) is 0. The van der Waals surface area contributed by atoms with Gasteiger partial charge in [0.15, 0.2) is 0 Å². The lowest BCUT2D eigenvalue weighted by Crippen LogP contribution is -2.39. The monoisotopic (exact) mass is 351 g/mol. The Balaban J connectivity index is 1.51. The fraction of sp³-hybridized carbons (Fsp3) is 0.450. The maximum absolute atomic E-state index is 12.9. The van der Waals surface area contributed by atoms with Crippen molar-refractivity contribution in [2.45, 2.75) is 52.0 Å². The average molecular weight is 351 g/mol. The Bertz CT molecular complexity index is 892. The van der Waals surface area contributed by atoms with Gasteiger partial charge in [0.05, 0.1) is 22.8 Å². The SMILES string of the molecule is Cc1[nH]nc(CCC(=O)N2CCCCC2c2nc3ccccc3[nH]2)c1C. The van der Waals surface area contributed by atoms with Gasteiger partial charge in [0, 0.05) is 25.1 Å². The van der Waals surface area contributed by atoms with Gasteiger partial charge in [-0.2, -0.15) is 5.10 Å². The fourth-order valence-electron chi connectivity index (χ4n) is 3.79. The van der Waals surface area contributed by atoms with Crippen LogP contribution in [0, 0.1) is 13.8 Å². The lowest BCUT2D eigenvalue weighted by atomic mass is 10.0. The normalized spacial score (nSPS) is 17.8. The highest BCUT2D eigenvalue weighted by atomic mass is 16.2. The Labute approximate surface area is 153 Å². The zero-order valence-electron chi connectivity index (χ0n) is 15.4. The van der Waals surface area contributed by atoms with Crippen molar-refractivity contribution in [3.05, 3.63) is 47.0 Å². The van der Waals surface area contributed by atoms with Crippen molar-refractivity contribution in [1.82, 2.24) is 25.1 Å². The molecule has 3 heterocycles. The molecule has 6 heteroatoms. The third-order valence-electron chi connectivity index (χ3n) is 5.48. The summed E-state index contributed by atoms with van der Waals surface area (Å²) in [5.74, 6) is 1.10. The zero-order valence-corrected chi connectivity index (χ0v) is 15.4. The summed E-state index contributed by atoms with van der Waals surface area (Å²) < 4.78 is 0. The van der Waals surface area contributed by atoms with Crippen molar-refractivity contribution in [3.63, 3.8) is 0 Å². The highest BCUT2D eigenvalue weighted by Crippen LogP contribution is 2.31. The Morgan fingerprint density at radius 1 is 1.27 bits per heavy atom. The molecule has 3 aromatic rings. The van der Waals surface area contributed by atoms with Crippen LogP contribution < -0.4 is 0 Å². The van der Waals surface area contributed by atoms with E-state index >= 15 is 0 Å². The number of H-pyrrole nitrogens is 2. The summed E-state index contributed by atoms with van der Waals surface area (Å²) in [6.07, 6.45) is 4.32. The second-order valence-electron chi connectivity index (χ2n) is 7.16. The fourth-order valence-corrected chi connectivity index (χ4v) is 3.79. The number of rotatable bonds is 4. The summed E-state index contributed by atoms with van der Waals surface area (Å²) >= 11 is 0. The predicted molar refractivity (Wildman–Crippen MR) is 101 cm³/mol. The van der Waals surface area contributed by atoms with E-state index in [-0.39, 0.29) is 11.9 Å². The minimum Gasteiger partial charge on any atom is -0.340 e. The zero-order chi connectivity index (χ0) is 18.1. The molecule has 2 N–H and O–H groups in total. The number of hydrogen-bond acceptors (Lipinski definition) is 3. The number of para-hydroxylation sites is 2. The maximum atomic E-state index is 12.9. The number of nitrogens with zero attached hydrogens (tertiary/aromatic N) is 3. The lowest BCUT2D eigenvalue weighted by molar-refractivity contribution is -0.135. The first-order valence-electron chi connectivity index (χ1n) is 9.38. The van der Waals surface area contributed by atoms with Gasteiger partial charge in [-0.15, -0.1) is 0 Å². The number of benzene rings is 1. The Morgan fingerprint density at radius 2 is 2.12 bits per heavy atom. The van der Waals surface area contributed by atoms with Crippen molar-refractivity contribution in [2.75, 3.05) is 6.54 Å². The molecule has 1 saturated heterocycles. The number of imidazole rings is 1. The number of aromatic amines is 2. The molecule has 1 atom stereocenters. The summed E-state index contributed by atoms with van der Waals surface area (Å²) in [6.45, 7) is 4.87. The van der Waals surface area contributed by atoms with Crippen LogP contribution in [0.2, 0.25) is 0 Å². The second kappa shape index (κ2) is 6.94. The number of fused-ring (bicyclic) bond motifs is 1. The van der Waals surface area contributed by atoms with Gasteiger partial charge in [-0.05, 0) is 50.8 Å². The molecule has 1 fully saturated rings. The third-order valence-corrected chi connectivity index (χ3v) is 5.48. The van der Waals surface area contributed by atoms with Gasteiger partial charge in [0.25, 0.3) is 0 Å². The summed E-state index contributed by atoms with van der Waals surface area (Å²) in [4.78, 5) is 23.1. The number of aryl methyl sites for hydroxylation is 2. The molecule has 1 aliphatic rings. The van der Waals surface area contributed by atoms with Gasteiger partial charge in [0.1, 0.15) is 5.82 Å². The van der Waals surface area contributed by atoms with Crippen LogP contribution in [0.5, 0.6) is 0 Å².